The van der Waals surface area contributed by atoms with Crippen LogP contribution in [0.5, 0.6) is 0 Å². The fourth-order valence-electron chi connectivity index (χ4n) is 1.44. The molecule has 0 aliphatic heterocycles. The number of halogens is 1. The van der Waals surface area contributed by atoms with E-state index in [4.69, 9.17) is 9.84 Å². The molecule has 0 aliphatic rings. The maximum Gasteiger partial charge on any atom is 0.337 e. The number of hydrogen-bond donors (Lipinski definition) is 2. The van der Waals surface area contributed by atoms with Crippen LogP contribution in [0.1, 0.15) is 23.2 Å². The number of anilines is 1. The predicted molar refractivity (Wildman–Crippen MR) is 63.0 cm³/mol. The van der Waals surface area contributed by atoms with Gasteiger partial charge in [0.15, 0.2) is 0 Å². The number of carboxylic acid groups (broad SMARTS) is 1. The summed E-state index contributed by atoms with van der Waals surface area (Å²) in [6, 6.07) is 3.69. The number of carboxylic acids is 1. The lowest BCUT2D eigenvalue weighted by Crippen LogP contribution is -2.08. The molecule has 0 aromatic heterocycles. The second-order valence-corrected chi connectivity index (χ2v) is 3.62. The zero-order valence-electron chi connectivity index (χ0n) is 9.70. The summed E-state index contributed by atoms with van der Waals surface area (Å²) < 4.78 is 17.8. The molecule has 1 rings (SSSR count). The summed E-state index contributed by atoms with van der Waals surface area (Å²) in [5, 5.41) is 11.9. The van der Waals surface area contributed by atoms with Gasteiger partial charge in [-0.2, -0.15) is 0 Å². The largest absolute Gasteiger partial charge is 0.478 e. The maximum absolute atomic E-state index is 12.9. The quantitative estimate of drug-likeness (QED) is 0.719. The van der Waals surface area contributed by atoms with Crippen molar-refractivity contribution in [1.82, 2.24) is 0 Å². The topological polar surface area (TPSA) is 58.6 Å². The van der Waals surface area contributed by atoms with E-state index in [2.05, 4.69) is 5.32 Å². The van der Waals surface area contributed by atoms with Gasteiger partial charge < -0.3 is 15.2 Å². The molecule has 1 aromatic carbocycles. The van der Waals surface area contributed by atoms with Crippen LogP contribution in [0.3, 0.4) is 0 Å². The van der Waals surface area contributed by atoms with Crippen molar-refractivity contribution in [2.45, 2.75) is 12.8 Å². The Balaban J connectivity index is 2.55. The first-order chi connectivity index (χ1) is 8.15. The van der Waals surface area contributed by atoms with Crippen molar-refractivity contribution in [2.24, 2.45) is 0 Å². The standard InChI is InChI=1S/C12H16FNO3/c1-17-7-3-2-6-14-11-5-4-9(13)8-10(11)12(15)16/h4-5,8,14H,2-3,6-7H2,1H3,(H,15,16). The molecule has 0 spiro atoms. The summed E-state index contributed by atoms with van der Waals surface area (Å²) in [6.45, 7) is 1.31. The van der Waals surface area contributed by atoms with E-state index >= 15 is 0 Å². The molecule has 5 heteroatoms. The lowest BCUT2D eigenvalue weighted by atomic mass is 10.1. The Morgan fingerprint density at radius 2 is 2.24 bits per heavy atom. The van der Waals surface area contributed by atoms with Crippen molar-refractivity contribution in [2.75, 3.05) is 25.6 Å². The summed E-state index contributed by atoms with van der Waals surface area (Å²) in [6.07, 6.45) is 1.76. The van der Waals surface area contributed by atoms with Gasteiger partial charge in [0, 0.05) is 25.9 Å². The minimum atomic E-state index is -1.14. The SMILES string of the molecule is COCCCCNc1ccc(F)cc1C(=O)O. The Bertz CT molecular complexity index is 382. The van der Waals surface area contributed by atoms with Gasteiger partial charge in [0.25, 0.3) is 0 Å². The minimum absolute atomic E-state index is 0.0447. The first kappa shape index (κ1) is 13.4. The molecule has 0 aliphatic carbocycles. The monoisotopic (exact) mass is 241 g/mol. The van der Waals surface area contributed by atoms with Crippen molar-refractivity contribution >= 4 is 11.7 Å². The van der Waals surface area contributed by atoms with Gasteiger partial charge in [0.1, 0.15) is 5.82 Å². The number of benzene rings is 1. The highest BCUT2D eigenvalue weighted by Crippen LogP contribution is 2.17. The third-order valence-electron chi connectivity index (χ3n) is 2.30. The van der Waals surface area contributed by atoms with Crippen LogP contribution in [0.25, 0.3) is 0 Å². The fourth-order valence-corrected chi connectivity index (χ4v) is 1.44. The second kappa shape index (κ2) is 6.85. The van der Waals surface area contributed by atoms with Gasteiger partial charge in [-0.3, -0.25) is 0 Å². The Labute approximate surface area is 99.4 Å². The van der Waals surface area contributed by atoms with Crippen LogP contribution in [0, 0.1) is 5.82 Å². The maximum atomic E-state index is 12.9. The van der Waals surface area contributed by atoms with Crippen LogP contribution >= 0.6 is 0 Å². The van der Waals surface area contributed by atoms with Gasteiger partial charge in [-0.25, -0.2) is 9.18 Å². The molecule has 2 N–H and O–H groups in total. The van der Waals surface area contributed by atoms with Crippen LogP contribution in [0.15, 0.2) is 18.2 Å². The highest BCUT2D eigenvalue weighted by molar-refractivity contribution is 5.94. The highest BCUT2D eigenvalue weighted by Gasteiger charge is 2.10. The van der Waals surface area contributed by atoms with Gasteiger partial charge in [-0.1, -0.05) is 0 Å². The molecule has 0 atom stereocenters. The van der Waals surface area contributed by atoms with Gasteiger partial charge in [-0.15, -0.1) is 0 Å². The van der Waals surface area contributed by atoms with Gasteiger partial charge in [-0.05, 0) is 31.0 Å². The molecular weight excluding hydrogens is 225 g/mol. The number of unbranched alkanes of at least 4 members (excludes halogenated alkanes) is 1. The van der Waals surface area contributed by atoms with Gasteiger partial charge >= 0.3 is 5.97 Å². The van der Waals surface area contributed by atoms with Crippen LogP contribution in [-0.4, -0.2) is 31.3 Å². The molecule has 0 bridgehead atoms. The van der Waals surface area contributed by atoms with E-state index in [9.17, 15) is 9.18 Å². The van der Waals surface area contributed by atoms with E-state index in [0.717, 1.165) is 18.9 Å². The van der Waals surface area contributed by atoms with Crippen LogP contribution < -0.4 is 5.32 Å². The smallest absolute Gasteiger partial charge is 0.337 e. The third-order valence-corrected chi connectivity index (χ3v) is 2.30. The Hall–Kier alpha value is -1.62. The predicted octanol–water partition coefficient (Wildman–Crippen LogP) is 2.36. The molecule has 0 saturated heterocycles. The average Bonchev–Trinajstić information content (AvgIpc) is 2.30. The summed E-state index contributed by atoms with van der Waals surface area (Å²) in [7, 11) is 1.63. The molecule has 1 aromatic rings. The van der Waals surface area contributed by atoms with Crippen molar-refractivity contribution in [3.8, 4) is 0 Å². The molecule has 0 amide bonds. The Kier molecular flexibility index (Phi) is 5.42. The minimum Gasteiger partial charge on any atom is -0.478 e. The molecule has 0 unspecified atom stereocenters. The van der Waals surface area contributed by atoms with E-state index in [-0.39, 0.29) is 5.56 Å². The molecule has 4 nitrogen and oxygen atoms in total. The number of hydrogen-bond acceptors (Lipinski definition) is 3. The van der Waals surface area contributed by atoms with Crippen LogP contribution in [0.4, 0.5) is 10.1 Å². The van der Waals surface area contributed by atoms with Crippen molar-refractivity contribution in [1.29, 1.82) is 0 Å². The van der Waals surface area contributed by atoms with E-state index in [1.54, 1.807) is 7.11 Å². The van der Waals surface area contributed by atoms with E-state index in [1.165, 1.54) is 12.1 Å². The number of nitrogens with one attached hydrogen (secondary N) is 1. The molecule has 0 heterocycles. The van der Waals surface area contributed by atoms with Crippen LogP contribution in [0.2, 0.25) is 0 Å². The van der Waals surface area contributed by atoms with E-state index in [1.807, 2.05) is 0 Å². The van der Waals surface area contributed by atoms with Gasteiger partial charge in [0.2, 0.25) is 0 Å². The molecule has 0 radical (unpaired) electrons. The van der Waals surface area contributed by atoms with Crippen LogP contribution in [-0.2, 0) is 4.74 Å². The third kappa shape index (κ3) is 4.40. The van der Waals surface area contributed by atoms with Gasteiger partial charge in [0.05, 0.1) is 5.56 Å². The summed E-state index contributed by atoms with van der Waals surface area (Å²) in [5.74, 6) is -1.68. The number of carbonyl (C=O) groups is 1. The number of ether oxygens (including phenoxy) is 1. The normalized spacial score (nSPS) is 10.2. The van der Waals surface area contributed by atoms with Crippen molar-refractivity contribution < 1.29 is 19.0 Å². The zero-order valence-corrected chi connectivity index (χ0v) is 9.70. The average molecular weight is 241 g/mol. The van der Waals surface area contributed by atoms with E-state index < -0.39 is 11.8 Å². The summed E-state index contributed by atoms with van der Waals surface area (Å²) in [4.78, 5) is 10.9. The first-order valence-corrected chi connectivity index (χ1v) is 5.41. The lowest BCUT2D eigenvalue weighted by molar-refractivity contribution is 0.0697. The zero-order chi connectivity index (χ0) is 12.7. The van der Waals surface area contributed by atoms with Crippen molar-refractivity contribution in [3.05, 3.63) is 29.6 Å². The lowest BCUT2D eigenvalue weighted by Gasteiger charge is -2.09. The Morgan fingerprint density at radius 3 is 2.88 bits per heavy atom. The number of rotatable bonds is 7. The summed E-state index contributed by atoms with van der Waals surface area (Å²) in [5.41, 5.74) is 0.396. The van der Waals surface area contributed by atoms with Crippen molar-refractivity contribution in [3.63, 3.8) is 0 Å². The second-order valence-electron chi connectivity index (χ2n) is 3.62. The molecule has 94 valence electrons. The molecule has 0 fully saturated rings. The number of methoxy groups -OCH3 is 1. The Morgan fingerprint density at radius 1 is 1.47 bits per heavy atom. The summed E-state index contributed by atoms with van der Waals surface area (Å²) >= 11 is 0. The molecule has 17 heavy (non-hydrogen) atoms. The molecule has 0 saturated carbocycles. The fraction of sp³-hybridized carbons (Fsp3) is 0.417. The highest BCUT2D eigenvalue weighted by atomic mass is 19.1. The first-order valence-electron chi connectivity index (χ1n) is 5.41. The van der Waals surface area contributed by atoms with E-state index in [0.29, 0.717) is 18.8 Å². The molecular formula is C12H16FNO3. The number of aromatic carboxylic acids is 1.